The third kappa shape index (κ3) is 4.12. The van der Waals surface area contributed by atoms with E-state index in [0.717, 1.165) is 19.3 Å². The van der Waals surface area contributed by atoms with E-state index in [1.54, 1.807) is 0 Å². The lowest BCUT2D eigenvalue weighted by Gasteiger charge is -2.29. The second kappa shape index (κ2) is 5.17. The van der Waals surface area contributed by atoms with Gasteiger partial charge in [0.25, 0.3) is 0 Å². The number of nitrogens with one attached hydrogen (secondary N) is 1. The first-order valence-electron chi connectivity index (χ1n) is 6.38. The van der Waals surface area contributed by atoms with Crippen LogP contribution in [0.5, 0.6) is 0 Å². The molecule has 0 saturated heterocycles. The molecule has 3 heteroatoms. The fraction of sp³-hybridized carbons (Fsp3) is 0.923. The summed E-state index contributed by atoms with van der Waals surface area (Å²) in [4.78, 5) is 11.8. The van der Waals surface area contributed by atoms with Gasteiger partial charge in [-0.1, -0.05) is 33.6 Å². The van der Waals surface area contributed by atoms with Crippen LogP contribution < -0.4 is 11.1 Å². The van der Waals surface area contributed by atoms with Gasteiger partial charge in [-0.3, -0.25) is 4.79 Å². The molecule has 16 heavy (non-hydrogen) atoms. The van der Waals surface area contributed by atoms with E-state index < -0.39 is 0 Å². The maximum atomic E-state index is 11.8. The summed E-state index contributed by atoms with van der Waals surface area (Å²) in [6, 6.07) is 0. The van der Waals surface area contributed by atoms with Crippen molar-refractivity contribution in [3.63, 3.8) is 0 Å². The largest absolute Gasteiger partial charge is 0.349 e. The summed E-state index contributed by atoms with van der Waals surface area (Å²) in [5.41, 5.74) is 5.92. The number of hydrogen-bond donors (Lipinski definition) is 2. The zero-order chi connectivity index (χ0) is 12.2. The van der Waals surface area contributed by atoms with Crippen molar-refractivity contribution in [1.82, 2.24) is 5.32 Å². The van der Waals surface area contributed by atoms with Gasteiger partial charge in [-0.25, -0.2) is 0 Å². The van der Waals surface area contributed by atoms with Crippen molar-refractivity contribution in [2.75, 3.05) is 6.54 Å². The molecule has 3 nitrogen and oxygen atoms in total. The molecule has 1 fully saturated rings. The molecule has 0 atom stereocenters. The van der Waals surface area contributed by atoms with Gasteiger partial charge in [0.1, 0.15) is 0 Å². The van der Waals surface area contributed by atoms with Gasteiger partial charge in [0.2, 0.25) is 5.91 Å². The van der Waals surface area contributed by atoms with Crippen LogP contribution in [0.15, 0.2) is 0 Å². The lowest BCUT2D eigenvalue weighted by Crippen LogP contribution is -2.51. The maximum absolute atomic E-state index is 11.8. The third-order valence-electron chi connectivity index (χ3n) is 3.46. The molecule has 0 aliphatic heterocycles. The van der Waals surface area contributed by atoms with Crippen LogP contribution in [0, 0.1) is 5.41 Å². The summed E-state index contributed by atoms with van der Waals surface area (Å²) >= 11 is 0. The molecule has 3 N–H and O–H groups in total. The van der Waals surface area contributed by atoms with E-state index in [9.17, 15) is 4.79 Å². The Morgan fingerprint density at radius 2 is 1.88 bits per heavy atom. The monoisotopic (exact) mass is 226 g/mol. The average Bonchev–Trinajstić information content (AvgIpc) is 2.63. The van der Waals surface area contributed by atoms with Crippen molar-refractivity contribution < 1.29 is 4.79 Å². The predicted octanol–water partition coefficient (Wildman–Crippen LogP) is 2.20. The topological polar surface area (TPSA) is 55.1 Å². The summed E-state index contributed by atoms with van der Waals surface area (Å²) in [6.45, 7) is 7.06. The van der Waals surface area contributed by atoms with Crippen molar-refractivity contribution in [2.45, 2.75) is 64.8 Å². The Balaban J connectivity index is 2.38. The van der Waals surface area contributed by atoms with Crippen molar-refractivity contribution in [2.24, 2.45) is 11.1 Å². The fourth-order valence-corrected chi connectivity index (χ4v) is 2.28. The smallest absolute Gasteiger partial charge is 0.220 e. The number of carbonyl (C=O) groups excluding carboxylic acids is 1. The Bertz CT molecular complexity index is 237. The first-order chi connectivity index (χ1) is 7.37. The summed E-state index contributed by atoms with van der Waals surface area (Å²) in [6.07, 6.45) is 6.02. The number of hydrogen-bond acceptors (Lipinski definition) is 2. The lowest BCUT2D eigenvalue weighted by atomic mass is 9.90. The molecule has 0 radical (unpaired) electrons. The zero-order valence-corrected chi connectivity index (χ0v) is 10.9. The number of amides is 1. The van der Waals surface area contributed by atoms with Gasteiger partial charge in [0, 0.05) is 13.0 Å². The van der Waals surface area contributed by atoms with E-state index in [1.165, 1.54) is 12.8 Å². The third-order valence-corrected chi connectivity index (χ3v) is 3.46. The van der Waals surface area contributed by atoms with Crippen LogP contribution in [0.2, 0.25) is 0 Å². The highest BCUT2D eigenvalue weighted by atomic mass is 16.1. The molecule has 1 aliphatic carbocycles. The van der Waals surface area contributed by atoms with Gasteiger partial charge in [-0.2, -0.15) is 0 Å². The lowest BCUT2D eigenvalue weighted by molar-refractivity contribution is -0.123. The Morgan fingerprint density at radius 1 is 1.31 bits per heavy atom. The van der Waals surface area contributed by atoms with E-state index in [2.05, 4.69) is 26.1 Å². The van der Waals surface area contributed by atoms with Crippen LogP contribution in [0.3, 0.4) is 0 Å². The maximum Gasteiger partial charge on any atom is 0.220 e. The van der Waals surface area contributed by atoms with Crippen molar-refractivity contribution in [3.8, 4) is 0 Å². The highest BCUT2D eigenvalue weighted by molar-refractivity contribution is 5.76. The highest BCUT2D eigenvalue weighted by Gasteiger charge is 2.33. The summed E-state index contributed by atoms with van der Waals surface area (Å²) in [5.74, 6) is 0.169. The SMILES string of the molecule is CC(C)(C)CCC(=O)NC1(CN)CCCC1. The minimum Gasteiger partial charge on any atom is -0.349 e. The Hall–Kier alpha value is -0.570. The minimum atomic E-state index is -0.0883. The summed E-state index contributed by atoms with van der Waals surface area (Å²) < 4.78 is 0. The molecular formula is C13H26N2O. The zero-order valence-electron chi connectivity index (χ0n) is 10.9. The van der Waals surface area contributed by atoms with Crippen LogP contribution >= 0.6 is 0 Å². The van der Waals surface area contributed by atoms with E-state index in [4.69, 9.17) is 5.73 Å². The molecular weight excluding hydrogens is 200 g/mol. The molecule has 0 unspecified atom stereocenters. The molecule has 1 aliphatic rings. The Labute approximate surface area is 99.2 Å². The molecule has 0 bridgehead atoms. The van der Waals surface area contributed by atoms with Crippen molar-refractivity contribution >= 4 is 5.91 Å². The Morgan fingerprint density at radius 3 is 2.31 bits per heavy atom. The summed E-state index contributed by atoms with van der Waals surface area (Å²) in [7, 11) is 0. The van der Waals surface area contributed by atoms with Gasteiger partial charge in [-0.05, 0) is 24.7 Å². The average molecular weight is 226 g/mol. The van der Waals surface area contributed by atoms with Crippen LogP contribution in [-0.2, 0) is 4.79 Å². The number of rotatable bonds is 4. The van der Waals surface area contributed by atoms with Crippen LogP contribution in [-0.4, -0.2) is 18.0 Å². The second-order valence-electron chi connectivity index (χ2n) is 6.30. The minimum absolute atomic E-state index is 0.0883. The molecule has 1 rings (SSSR count). The van der Waals surface area contributed by atoms with Crippen LogP contribution in [0.25, 0.3) is 0 Å². The van der Waals surface area contributed by atoms with E-state index in [-0.39, 0.29) is 16.9 Å². The molecule has 0 aromatic carbocycles. The normalized spacial score (nSPS) is 19.8. The van der Waals surface area contributed by atoms with Crippen molar-refractivity contribution in [3.05, 3.63) is 0 Å². The molecule has 94 valence electrons. The number of carbonyl (C=O) groups is 1. The quantitative estimate of drug-likeness (QED) is 0.772. The van der Waals surface area contributed by atoms with Gasteiger partial charge in [0.15, 0.2) is 0 Å². The fourth-order valence-electron chi connectivity index (χ4n) is 2.28. The molecule has 0 spiro atoms. The van der Waals surface area contributed by atoms with Gasteiger partial charge in [0.05, 0.1) is 5.54 Å². The summed E-state index contributed by atoms with van der Waals surface area (Å²) in [5, 5.41) is 3.15. The Kier molecular flexibility index (Phi) is 4.36. The standard InChI is InChI=1S/C13H26N2O/c1-12(2,3)9-6-11(16)15-13(10-14)7-4-5-8-13/h4-10,14H2,1-3H3,(H,15,16). The molecule has 1 saturated carbocycles. The second-order valence-corrected chi connectivity index (χ2v) is 6.30. The molecule has 0 heterocycles. The van der Waals surface area contributed by atoms with Crippen molar-refractivity contribution in [1.29, 1.82) is 0 Å². The molecule has 0 aromatic heterocycles. The van der Waals surface area contributed by atoms with Gasteiger partial charge < -0.3 is 11.1 Å². The predicted molar refractivity (Wildman–Crippen MR) is 67.1 cm³/mol. The number of nitrogens with two attached hydrogens (primary N) is 1. The molecule has 1 amide bonds. The van der Waals surface area contributed by atoms with E-state index in [1.807, 2.05) is 0 Å². The van der Waals surface area contributed by atoms with E-state index >= 15 is 0 Å². The van der Waals surface area contributed by atoms with Crippen LogP contribution in [0.1, 0.15) is 59.3 Å². The van der Waals surface area contributed by atoms with Crippen LogP contribution in [0.4, 0.5) is 0 Å². The van der Waals surface area contributed by atoms with Gasteiger partial charge >= 0.3 is 0 Å². The van der Waals surface area contributed by atoms with E-state index in [0.29, 0.717) is 13.0 Å². The molecule has 0 aromatic rings. The highest BCUT2D eigenvalue weighted by Crippen LogP contribution is 2.29. The van der Waals surface area contributed by atoms with Gasteiger partial charge in [-0.15, -0.1) is 0 Å². The first kappa shape index (κ1) is 13.5. The first-order valence-corrected chi connectivity index (χ1v) is 6.38.